The van der Waals surface area contributed by atoms with Crippen LogP contribution in [-0.4, -0.2) is 48.0 Å². The summed E-state index contributed by atoms with van der Waals surface area (Å²) in [5.41, 5.74) is 4.08. The molecule has 0 saturated carbocycles. The van der Waals surface area contributed by atoms with Gasteiger partial charge in [-0.3, -0.25) is 19.6 Å². The maximum absolute atomic E-state index is 12.8. The Morgan fingerprint density at radius 1 is 1.05 bits per heavy atom. The summed E-state index contributed by atoms with van der Waals surface area (Å²) in [6, 6.07) is 7.03. The lowest BCUT2D eigenvalue weighted by molar-refractivity contribution is 0.0728. The minimum Gasteiger partial charge on any atom is -0.333 e. The molecule has 9 heteroatoms. The molecule has 5 rings (SSSR count). The molecule has 3 aromatic heterocycles. The van der Waals surface area contributed by atoms with E-state index in [9.17, 15) is 9.59 Å². The number of fused-ring (bicyclic) bond motifs is 2. The smallest absolute Gasteiger partial charge is 0.274 e. The van der Waals surface area contributed by atoms with Gasteiger partial charge in [-0.25, -0.2) is 0 Å². The molecule has 0 atom stereocenters. The van der Waals surface area contributed by atoms with Gasteiger partial charge in [0.15, 0.2) is 5.82 Å². The summed E-state index contributed by atoms with van der Waals surface area (Å²) in [5.74, 6) is 1.44. The zero-order chi connectivity index (χ0) is 25.8. The standard InChI is InChI=1S/C28H29N7O2/c1-19(26-33-32-25-11-4-6-14-35(25)26)8-7-9-20(2)31-27(36)24-16-22-18-34(15-12-21(22)17-30-24)28(37)23-10-3-5-13-29-23/h3,5,7-10,13,16-17H,2,4,6,11-12,14-15,18H2,1H3,(H,31,36)/b9-7-,19-8+. The number of aromatic nitrogens is 5. The van der Waals surface area contributed by atoms with E-state index in [0.717, 1.165) is 54.2 Å². The summed E-state index contributed by atoms with van der Waals surface area (Å²) < 4.78 is 2.17. The highest BCUT2D eigenvalue weighted by molar-refractivity contribution is 5.94. The number of rotatable bonds is 6. The van der Waals surface area contributed by atoms with Crippen molar-refractivity contribution in [3.05, 3.63) is 101 Å². The molecular formula is C28H29N7O2. The molecule has 5 heterocycles. The van der Waals surface area contributed by atoms with E-state index < -0.39 is 0 Å². The first-order chi connectivity index (χ1) is 18.0. The van der Waals surface area contributed by atoms with Gasteiger partial charge in [-0.2, -0.15) is 0 Å². The van der Waals surface area contributed by atoms with E-state index >= 15 is 0 Å². The van der Waals surface area contributed by atoms with Gasteiger partial charge in [0, 0.05) is 44.1 Å². The summed E-state index contributed by atoms with van der Waals surface area (Å²) >= 11 is 0. The Balaban J connectivity index is 1.21. The van der Waals surface area contributed by atoms with Crippen LogP contribution < -0.4 is 5.32 Å². The lowest BCUT2D eigenvalue weighted by atomic mass is 10.0. The summed E-state index contributed by atoms with van der Waals surface area (Å²) in [6.45, 7) is 7.87. The van der Waals surface area contributed by atoms with Crippen molar-refractivity contribution in [1.82, 2.24) is 34.9 Å². The monoisotopic (exact) mass is 495 g/mol. The van der Waals surface area contributed by atoms with Crippen LogP contribution in [0.5, 0.6) is 0 Å². The maximum Gasteiger partial charge on any atom is 0.274 e. The van der Waals surface area contributed by atoms with Gasteiger partial charge in [0.05, 0.1) is 0 Å². The number of hydrogen-bond acceptors (Lipinski definition) is 6. The average Bonchev–Trinajstić information content (AvgIpc) is 3.37. The van der Waals surface area contributed by atoms with Gasteiger partial charge in [-0.1, -0.05) is 24.8 Å². The minimum atomic E-state index is -0.349. The Labute approximate surface area is 215 Å². The molecule has 0 radical (unpaired) electrons. The van der Waals surface area contributed by atoms with Crippen molar-refractivity contribution >= 4 is 17.4 Å². The Bertz CT molecular complexity index is 1410. The third kappa shape index (κ3) is 5.40. The summed E-state index contributed by atoms with van der Waals surface area (Å²) in [5, 5.41) is 11.4. The normalized spacial score (nSPS) is 15.3. The van der Waals surface area contributed by atoms with Crippen LogP contribution in [0.15, 0.2) is 67.2 Å². The second-order valence-electron chi connectivity index (χ2n) is 9.27. The number of amides is 2. The van der Waals surface area contributed by atoms with E-state index in [-0.39, 0.29) is 17.5 Å². The number of carbonyl (C=O) groups excluding carboxylic acids is 2. The predicted octanol–water partition coefficient (Wildman–Crippen LogP) is 3.51. The zero-order valence-electron chi connectivity index (χ0n) is 20.9. The van der Waals surface area contributed by atoms with Gasteiger partial charge in [-0.15, -0.1) is 10.2 Å². The van der Waals surface area contributed by atoms with Crippen LogP contribution in [0.3, 0.4) is 0 Å². The molecule has 0 aromatic carbocycles. The van der Waals surface area contributed by atoms with Gasteiger partial charge >= 0.3 is 0 Å². The second-order valence-corrected chi connectivity index (χ2v) is 9.27. The molecule has 0 spiro atoms. The van der Waals surface area contributed by atoms with Crippen LogP contribution in [0.4, 0.5) is 0 Å². The fourth-order valence-electron chi connectivity index (χ4n) is 4.62. The van der Waals surface area contributed by atoms with E-state index in [4.69, 9.17) is 0 Å². The van der Waals surface area contributed by atoms with Crippen LogP contribution in [0, 0.1) is 0 Å². The highest BCUT2D eigenvalue weighted by Crippen LogP contribution is 2.21. The number of allylic oxidation sites excluding steroid dienone is 4. The summed E-state index contributed by atoms with van der Waals surface area (Å²) in [7, 11) is 0. The van der Waals surface area contributed by atoms with Crippen molar-refractivity contribution in [3.8, 4) is 0 Å². The average molecular weight is 496 g/mol. The minimum absolute atomic E-state index is 0.123. The molecule has 1 N–H and O–H groups in total. The predicted molar refractivity (Wildman–Crippen MR) is 139 cm³/mol. The summed E-state index contributed by atoms with van der Waals surface area (Å²) in [4.78, 5) is 35.9. The van der Waals surface area contributed by atoms with Crippen molar-refractivity contribution < 1.29 is 9.59 Å². The number of carbonyl (C=O) groups is 2. The zero-order valence-corrected chi connectivity index (χ0v) is 20.9. The Kier molecular flexibility index (Phi) is 7.02. The Morgan fingerprint density at radius 2 is 1.95 bits per heavy atom. The molecule has 0 aliphatic carbocycles. The third-order valence-corrected chi connectivity index (χ3v) is 6.63. The van der Waals surface area contributed by atoms with Gasteiger partial charge < -0.3 is 14.8 Å². The van der Waals surface area contributed by atoms with Gasteiger partial charge in [0.2, 0.25) is 0 Å². The van der Waals surface area contributed by atoms with Crippen LogP contribution >= 0.6 is 0 Å². The Morgan fingerprint density at radius 3 is 2.78 bits per heavy atom. The molecule has 188 valence electrons. The summed E-state index contributed by atoms with van der Waals surface area (Å²) in [6.07, 6.45) is 12.8. The topological polar surface area (TPSA) is 106 Å². The van der Waals surface area contributed by atoms with Gasteiger partial charge in [-0.05, 0) is 67.2 Å². The molecular weight excluding hydrogens is 466 g/mol. The van der Waals surface area contributed by atoms with Gasteiger partial charge in [0.1, 0.15) is 17.2 Å². The first kappa shape index (κ1) is 24.3. The molecule has 0 saturated heterocycles. The van der Waals surface area contributed by atoms with E-state index in [0.29, 0.717) is 30.9 Å². The van der Waals surface area contributed by atoms with Gasteiger partial charge in [0.25, 0.3) is 11.8 Å². The van der Waals surface area contributed by atoms with E-state index in [1.165, 1.54) is 0 Å². The van der Waals surface area contributed by atoms with E-state index in [1.54, 1.807) is 47.6 Å². The third-order valence-electron chi connectivity index (χ3n) is 6.63. The lowest BCUT2D eigenvalue weighted by Crippen LogP contribution is -2.36. The first-order valence-corrected chi connectivity index (χ1v) is 12.5. The van der Waals surface area contributed by atoms with Crippen molar-refractivity contribution in [2.24, 2.45) is 0 Å². The van der Waals surface area contributed by atoms with Crippen LogP contribution in [0.25, 0.3) is 5.57 Å². The molecule has 0 unspecified atom stereocenters. The fraction of sp³-hybridized carbons (Fsp3) is 0.286. The van der Waals surface area contributed by atoms with Crippen LogP contribution in [0.2, 0.25) is 0 Å². The van der Waals surface area contributed by atoms with Crippen molar-refractivity contribution in [3.63, 3.8) is 0 Å². The number of nitrogens with one attached hydrogen (secondary N) is 1. The molecule has 3 aromatic rings. The quantitative estimate of drug-likeness (QED) is 0.525. The van der Waals surface area contributed by atoms with Crippen LogP contribution in [-0.2, 0) is 25.9 Å². The van der Waals surface area contributed by atoms with Crippen LogP contribution in [0.1, 0.15) is 63.5 Å². The SMILES string of the molecule is C=C(/C=C\C=C(/C)c1nnc2n1CCCC2)NC(=O)c1cc2c(cn1)CCN(C(=O)c1ccccn1)C2. The molecule has 0 bridgehead atoms. The molecule has 37 heavy (non-hydrogen) atoms. The van der Waals surface area contributed by atoms with Crippen molar-refractivity contribution in [2.75, 3.05) is 6.54 Å². The molecule has 0 fully saturated rings. The number of hydrogen-bond donors (Lipinski definition) is 1. The van der Waals surface area contributed by atoms with Crippen molar-refractivity contribution in [1.29, 1.82) is 0 Å². The number of aryl methyl sites for hydroxylation is 1. The van der Waals surface area contributed by atoms with E-state index in [1.807, 2.05) is 19.1 Å². The van der Waals surface area contributed by atoms with E-state index in [2.05, 4.69) is 36.6 Å². The van der Waals surface area contributed by atoms with Crippen molar-refractivity contribution in [2.45, 2.75) is 45.7 Å². The second kappa shape index (κ2) is 10.7. The number of nitrogens with zero attached hydrogens (tertiary/aromatic N) is 6. The Hall–Kier alpha value is -4.40. The fourth-order valence-corrected chi connectivity index (χ4v) is 4.62. The lowest BCUT2D eigenvalue weighted by Gasteiger charge is -2.28. The largest absolute Gasteiger partial charge is 0.333 e. The number of pyridine rings is 2. The maximum atomic E-state index is 12.8. The highest BCUT2D eigenvalue weighted by Gasteiger charge is 2.24. The first-order valence-electron chi connectivity index (χ1n) is 12.5. The molecule has 2 aliphatic heterocycles. The molecule has 2 aliphatic rings. The molecule has 2 amide bonds. The highest BCUT2D eigenvalue weighted by atomic mass is 16.2. The molecule has 9 nitrogen and oxygen atoms in total.